The minimum atomic E-state index is -0.975. The zero-order chi connectivity index (χ0) is 19.6. The van der Waals surface area contributed by atoms with Gasteiger partial charge in [0.05, 0.1) is 13.1 Å². The van der Waals surface area contributed by atoms with E-state index in [0.717, 1.165) is 17.9 Å². The third kappa shape index (κ3) is 4.75. The summed E-state index contributed by atoms with van der Waals surface area (Å²) in [6, 6.07) is -0.244. The van der Waals surface area contributed by atoms with Crippen molar-refractivity contribution in [2.75, 3.05) is 39.3 Å². The molecule has 2 heterocycles. The van der Waals surface area contributed by atoms with Crippen molar-refractivity contribution in [2.45, 2.75) is 44.7 Å². The molecular weight excluding hydrogens is 352 g/mol. The van der Waals surface area contributed by atoms with E-state index < -0.39 is 23.4 Å². The monoisotopic (exact) mass is 380 g/mol. The molecular formula is C17H28N6O4. The lowest BCUT2D eigenvalue weighted by Crippen LogP contribution is -2.54. The van der Waals surface area contributed by atoms with Crippen molar-refractivity contribution in [3.8, 4) is 0 Å². The number of imide groups is 1. The highest BCUT2D eigenvalue weighted by molar-refractivity contribution is 6.07. The van der Waals surface area contributed by atoms with Crippen molar-refractivity contribution in [3.05, 3.63) is 0 Å². The van der Waals surface area contributed by atoms with E-state index in [1.807, 2.05) is 4.90 Å². The van der Waals surface area contributed by atoms with Gasteiger partial charge in [-0.25, -0.2) is 4.79 Å². The molecule has 10 heteroatoms. The summed E-state index contributed by atoms with van der Waals surface area (Å²) in [6.45, 7) is 6.61. The van der Waals surface area contributed by atoms with Crippen molar-refractivity contribution >= 4 is 23.8 Å². The predicted octanol–water partition coefficient (Wildman–Crippen LogP) is -1.37. The van der Waals surface area contributed by atoms with Crippen molar-refractivity contribution < 1.29 is 19.2 Å². The molecule has 3 N–H and O–H groups in total. The van der Waals surface area contributed by atoms with Crippen LogP contribution >= 0.6 is 0 Å². The Morgan fingerprint density at radius 1 is 1.07 bits per heavy atom. The number of piperazine rings is 1. The van der Waals surface area contributed by atoms with E-state index in [-0.39, 0.29) is 12.5 Å². The molecule has 0 aromatic carbocycles. The van der Waals surface area contributed by atoms with Crippen LogP contribution in [0.1, 0.15) is 33.1 Å². The maximum Gasteiger partial charge on any atom is 0.344 e. The molecule has 0 unspecified atom stereocenters. The van der Waals surface area contributed by atoms with Gasteiger partial charge in [0, 0.05) is 32.2 Å². The fraction of sp³-hybridized carbons (Fsp3) is 0.765. The number of nitrogens with one attached hydrogen (secondary N) is 3. The Balaban J connectivity index is 1.40. The molecule has 3 rings (SSSR count). The van der Waals surface area contributed by atoms with Crippen LogP contribution in [0.5, 0.6) is 0 Å². The Morgan fingerprint density at radius 2 is 1.63 bits per heavy atom. The summed E-state index contributed by atoms with van der Waals surface area (Å²) in [5, 5.41) is 6.33. The molecule has 0 aromatic heterocycles. The number of rotatable bonds is 7. The molecule has 0 bridgehead atoms. The predicted molar refractivity (Wildman–Crippen MR) is 96.3 cm³/mol. The van der Waals surface area contributed by atoms with Crippen LogP contribution in [-0.4, -0.2) is 89.4 Å². The first-order valence-electron chi connectivity index (χ1n) is 9.51. The molecule has 0 radical (unpaired) electrons. The lowest BCUT2D eigenvalue weighted by Gasteiger charge is -2.34. The van der Waals surface area contributed by atoms with Crippen molar-refractivity contribution in [2.24, 2.45) is 0 Å². The molecule has 1 saturated carbocycles. The second-order valence-corrected chi connectivity index (χ2v) is 7.69. The van der Waals surface area contributed by atoms with Crippen molar-refractivity contribution in [3.63, 3.8) is 0 Å². The lowest BCUT2D eigenvalue weighted by atomic mass is 10.00. The Labute approximate surface area is 158 Å². The second kappa shape index (κ2) is 7.81. The highest BCUT2D eigenvalue weighted by Crippen LogP contribution is 2.19. The maximum atomic E-state index is 12.3. The van der Waals surface area contributed by atoms with Crippen LogP contribution in [0.3, 0.4) is 0 Å². The largest absolute Gasteiger partial charge is 0.352 e. The van der Waals surface area contributed by atoms with Crippen molar-refractivity contribution in [1.29, 1.82) is 0 Å². The van der Waals surface area contributed by atoms with E-state index in [1.54, 1.807) is 13.8 Å². The Kier molecular flexibility index (Phi) is 5.66. The average molecular weight is 380 g/mol. The van der Waals surface area contributed by atoms with Gasteiger partial charge < -0.3 is 10.6 Å². The number of urea groups is 1. The standard InChI is InChI=1S/C17H28N6O4/c1-3-17(2)15(26)23(16(27)19-17)20-14(25)11-22-8-6-21(7-9-22)10-13(24)18-12-4-5-12/h12H,3-11H2,1-2H3,(H,18,24)(H,19,27)(H,20,25)/t17-/m0/s1. The number of hydrogen-bond donors (Lipinski definition) is 3. The molecule has 5 amide bonds. The lowest BCUT2D eigenvalue weighted by molar-refractivity contribution is -0.139. The van der Waals surface area contributed by atoms with Crippen LogP contribution in [0.25, 0.3) is 0 Å². The number of carbonyl (C=O) groups excluding carboxylic acids is 4. The number of carbonyl (C=O) groups is 4. The first-order chi connectivity index (χ1) is 12.8. The quantitative estimate of drug-likeness (QED) is 0.470. The van der Waals surface area contributed by atoms with Gasteiger partial charge in [-0.15, -0.1) is 0 Å². The fourth-order valence-corrected chi connectivity index (χ4v) is 3.20. The average Bonchev–Trinajstić information content (AvgIpc) is 3.40. The molecule has 0 aromatic rings. The highest BCUT2D eigenvalue weighted by Gasteiger charge is 2.47. The van der Waals surface area contributed by atoms with Crippen LogP contribution < -0.4 is 16.1 Å². The van der Waals surface area contributed by atoms with E-state index in [2.05, 4.69) is 21.0 Å². The summed E-state index contributed by atoms with van der Waals surface area (Å²) < 4.78 is 0. The van der Waals surface area contributed by atoms with Crippen LogP contribution in [0.15, 0.2) is 0 Å². The van der Waals surface area contributed by atoms with Crippen LogP contribution in [0.4, 0.5) is 4.79 Å². The molecule has 1 aliphatic carbocycles. The van der Waals surface area contributed by atoms with Gasteiger partial charge in [0.15, 0.2) is 0 Å². The summed E-state index contributed by atoms with van der Waals surface area (Å²) in [5.41, 5.74) is 1.43. The number of amides is 5. The molecule has 10 nitrogen and oxygen atoms in total. The number of nitrogens with zero attached hydrogens (tertiary/aromatic N) is 3. The van der Waals surface area contributed by atoms with E-state index in [9.17, 15) is 19.2 Å². The third-order valence-corrected chi connectivity index (χ3v) is 5.35. The smallest absolute Gasteiger partial charge is 0.344 e. The summed E-state index contributed by atoms with van der Waals surface area (Å²) in [4.78, 5) is 52.3. The SMILES string of the molecule is CC[C@]1(C)NC(=O)N(NC(=O)CN2CCN(CC(=O)NC3CC3)CC2)C1=O. The van der Waals surface area contributed by atoms with E-state index >= 15 is 0 Å². The fourth-order valence-electron chi connectivity index (χ4n) is 3.20. The Hall–Kier alpha value is -2.20. The highest BCUT2D eigenvalue weighted by atomic mass is 16.2. The summed E-state index contributed by atoms with van der Waals surface area (Å²) in [6.07, 6.45) is 2.59. The van der Waals surface area contributed by atoms with Gasteiger partial charge in [0.25, 0.3) is 11.8 Å². The van der Waals surface area contributed by atoms with Gasteiger partial charge in [0.2, 0.25) is 5.91 Å². The molecule has 150 valence electrons. The van der Waals surface area contributed by atoms with Gasteiger partial charge in [-0.1, -0.05) is 6.92 Å². The molecule has 27 heavy (non-hydrogen) atoms. The summed E-state index contributed by atoms with van der Waals surface area (Å²) in [5.74, 6) is -0.796. The van der Waals surface area contributed by atoms with Gasteiger partial charge in [-0.2, -0.15) is 5.01 Å². The summed E-state index contributed by atoms with van der Waals surface area (Å²) >= 11 is 0. The van der Waals surface area contributed by atoms with Crippen LogP contribution in [-0.2, 0) is 14.4 Å². The molecule has 3 aliphatic rings. The van der Waals surface area contributed by atoms with Gasteiger partial charge in [0.1, 0.15) is 5.54 Å². The molecule has 0 spiro atoms. The minimum absolute atomic E-state index is 0.0567. The number of hydrazine groups is 1. The minimum Gasteiger partial charge on any atom is -0.352 e. The Bertz CT molecular complexity index is 629. The molecule has 3 fully saturated rings. The Morgan fingerprint density at radius 3 is 2.11 bits per heavy atom. The first kappa shape index (κ1) is 19.6. The molecule has 2 saturated heterocycles. The summed E-state index contributed by atoms with van der Waals surface area (Å²) in [7, 11) is 0. The zero-order valence-electron chi connectivity index (χ0n) is 15.9. The maximum absolute atomic E-state index is 12.3. The molecule has 1 atom stereocenters. The van der Waals surface area contributed by atoms with E-state index in [0.29, 0.717) is 45.2 Å². The zero-order valence-corrected chi connectivity index (χ0v) is 15.9. The number of hydrogen-bond acceptors (Lipinski definition) is 6. The van der Waals surface area contributed by atoms with Crippen molar-refractivity contribution in [1.82, 2.24) is 30.9 Å². The van der Waals surface area contributed by atoms with Gasteiger partial charge in [-0.3, -0.25) is 29.6 Å². The van der Waals surface area contributed by atoms with Crippen LogP contribution in [0, 0.1) is 0 Å². The van der Waals surface area contributed by atoms with E-state index in [1.165, 1.54) is 0 Å². The topological polar surface area (TPSA) is 114 Å². The first-order valence-corrected chi connectivity index (χ1v) is 9.51. The van der Waals surface area contributed by atoms with Gasteiger partial charge >= 0.3 is 6.03 Å². The van der Waals surface area contributed by atoms with E-state index in [4.69, 9.17) is 0 Å². The van der Waals surface area contributed by atoms with Crippen LogP contribution in [0.2, 0.25) is 0 Å². The van der Waals surface area contributed by atoms with Gasteiger partial charge in [-0.05, 0) is 26.2 Å². The normalized spacial score (nSPS) is 26.8. The second-order valence-electron chi connectivity index (χ2n) is 7.69. The molecule has 2 aliphatic heterocycles. The third-order valence-electron chi connectivity index (χ3n) is 5.35.